The van der Waals surface area contributed by atoms with Crippen LogP contribution >= 0.6 is 0 Å². The molecule has 0 aliphatic heterocycles. The second-order valence-corrected chi connectivity index (χ2v) is 3.14. The van der Waals surface area contributed by atoms with E-state index in [-0.39, 0.29) is 0 Å². The van der Waals surface area contributed by atoms with Crippen molar-refractivity contribution >= 4 is 5.97 Å². The van der Waals surface area contributed by atoms with Gasteiger partial charge in [-0.1, -0.05) is 0 Å². The number of carboxylic acid groups (broad SMARTS) is 1. The van der Waals surface area contributed by atoms with Gasteiger partial charge in [-0.2, -0.15) is 5.10 Å². The fourth-order valence-corrected chi connectivity index (χ4v) is 1.09. The molecule has 5 nitrogen and oxygen atoms in total. The Morgan fingerprint density at radius 3 is 2.54 bits per heavy atom. The van der Waals surface area contributed by atoms with Crippen LogP contribution < -0.4 is 0 Å². The molecule has 1 rings (SSSR count). The maximum Gasteiger partial charge on any atom is 0.340 e. The standard InChI is InChI=1S/C8H12N2O3/c1-5-6(4-9-10(5)3)8(2,13)7(11)12/h4,13H,1-3H3,(H,11,12). The molecule has 2 N–H and O–H groups in total. The van der Waals surface area contributed by atoms with Crippen LogP contribution in [0.4, 0.5) is 0 Å². The molecule has 72 valence electrons. The van der Waals surface area contributed by atoms with Crippen molar-refractivity contribution in [3.8, 4) is 0 Å². The van der Waals surface area contributed by atoms with Gasteiger partial charge in [-0.25, -0.2) is 4.79 Å². The van der Waals surface area contributed by atoms with Crippen LogP contribution in [0.2, 0.25) is 0 Å². The minimum atomic E-state index is -1.86. The first-order valence-electron chi connectivity index (χ1n) is 3.82. The quantitative estimate of drug-likeness (QED) is 0.679. The van der Waals surface area contributed by atoms with Crippen molar-refractivity contribution in [2.75, 3.05) is 0 Å². The summed E-state index contributed by atoms with van der Waals surface area (Å²) in [7, 11) is 1.69. The summed E-state index contributed by atoms with van der Waals surface area (Å²) in [6.45, 7) is 2.94. The molecule has 1 atom stereocenters. The van der Waals surface area contributed by atoms with Gasteiger partial charge >= 0.3 is 5.97 Å². The van der Waals surface area contributed by atoms with Crippen molar-refractivity contribution in [3.05, 3.63) is 17.5 Å². The topological polar surface area (TPSA) is 75.3 Å². The third-order valence-corrected chi connectivity index (χ3v) is 2.18. The Balaban J connectivity index is 3.22. The molecule has 0 aliphatic carbocycles. The zero-order valence-corrected chi connectivity index (χ0v) is 7.77. The number of aliphatic carboxylic acids is 1. The molecule has 0 fully saturated rings. The maximum absolute atomic E-state index is 10.7. The first-order valence-corrected chi connectivity index (χ1v) is 3.82. The van der Waals surface area contributed by atoms with E-state index in [4.69, 9.17) is 5.11 Å². The minimum absolute atomic E-state index is 0.322. The Morgan fingerprint density at radius 2 is 2.23 bits per heavy atom. The molecule has 0 saturated carbocycles. The van der Waals surface area contributed by atoms with E-state index in [0.29, 0.717) is 11.3 Å². The summed E-state index contributed by atoms with van der Waals surface area (Å²) in [6.07, 6.45) is 1.36. The molecule has 0 aliphatic rings. The number of hydrogen-bond donors (Lipinski definition) is 2. The lowest BCUT2D eigenvalue weighted by molar-refractivity contribution is -0.157. The van der Waals surface area contributed by atoms with Crippen molar-refractivity contribution in [2.45, 2.75) is 19.4 Å². The summed E-state index contributed by atoms with van der Waals surface area (Å²) in [5, 5.41) is 22.2. The average molecular weight is 184 g/mol. The van der Waals surface area contributed by atoms with Crippen molar-refractivity contribution in [2.24, 2.45) is 7.05 Å². The fourth-order valence-electron chi connectivity index (χ4n) is 1.09. The Labute approximate surface area is 75.6 Å². The highest BCUT2D eigenvalue weighted by Gasteiger charge is 2.35. The van der Waals surface area contributed by atoms with Crippen LogP contribution in [0.1, 0.15) is 18.2 Å². The lowest BCUT2D eigenvalue weighted by Crippen LogP contribution is -2.32. The van der Waals surface area contributed by atoms with Crippen molar-refractivity contribution in [1.29, 1.82) is 0 Å². The van der Waals surface area contributed by atoms with Crippen LogP contribution in [0.15, 0.2) is 6.20 Å². The van der Waals surface area contributed by atoms with Gasteiger partial charge in [-0.3, -0.25) is 4.68 Å². The number of rotatable bonds is 2. The van der Waals surface area contributed by atoms with Crippen molar-refractivity contribution in [1.82, 2.24) is 9.78 Å². The van der Waals surface area contributed by atoms with Gasteiger partial charge < -0.3 is 10.2 Å². The largest absolute Gasteiger partial charge is 0.479 e. The molecular weight excluding hydrogens is 172 g/mol. The average Bonchev–Trinajstić information content (AvgIpc) is 2.33. The minimum Gasteiger partial charge on any atom is -0.479 e. The van der Waals surface area contributed by atoms with Crippen LogP contribution in [0.25, 0.3) is 0 Å². The van der Waals surface area contributed by atoms with Gasteiger partial charge in [0.15, 0.2) is 5.60 Å². The molecule has 1 aromatic rings. The zero-order valence-electron chi connectivity index (χ0n) is 7.77. The summed E-state index contributed by atoms with van der Waals surface area (Å²) in [5.41, 5.74) is -0.895. The van der Waals surface area contributed by atoms with Gasteiger partial charge in [0.25, 0.3) is 0 Å². The predicted octanol–water partition coefficient (Wildman–Crippen LogP) is 0.0206. The molecule has 5 heteroatoms. The number of aryl methyl sites for hydroxylation is 1. The van der Waals surface area contributed by atoms with Crippen molar-refractivity contribution < 1.29 is 15.0 Å². The molecule has 1 aromatic heterocycles. The van der Waals surface area contributed by atoms with Gasteiger partial charge in [0.05, 0.1) is 6.20 Å². The number of nitrogens with zero attached hydrogens (tertiary/aromatic N) is 2. The van der Waals surface area contributed by atoms with Gasteiger partial charge in [0.2, 0.25) is 0 Å². The molecule has 0 spiro atoms. The van der Waals surface area contributed by atoms with E-state index in [1.165, 1.54) is 17.8 Å². The molecule has 0 aromatic carbocycles. The Bertz CT molecular complexity index is 341. The molecule has 0 amide bonds. The van der Waals surface area contributed by atoms with Gasteiger partial charge in [-0.15, -0.1) is 0 Å². The van der Waals surface area contributed by atoms with Crippen LogP contribution in [0.3, 0.4) is 0 Å². The van der Waals surface area contributed by atoms with E-state index in [0.717, 1.165) is 0 Å². The lowest BCUT2D eigenvalue weighted by Gasteiger charge is -2.17. The van der Waals surface area contributed by atoms with Crippen LogP contribution in [-0.4, -0.2) is 26.0 Å². The normalized spacial score (nSPS) is 15.4. The predicted molar refractivity (Wildman–Crippen MR) is 45.2 cm³/mol. The second-order valence-electron chi connectivity index (χ2n) is 3.14. The first kappa shape index (κ1) is 9.73. The lowest BCUT2D eigenvalue weighted by atomic mass is 9.97. The molecular formula is C8H12N2O3. The molecule has 1 unspecified atom stereocenters. The van der Waals surface area contributed by atoms with Crippen LogP contribution in [0.5, 0.6) is 0 Å². The monoisotopic (exact) mass is 184 g/mol. The highest BCUT2D eigenvalue weighted by molar-refractivity contribution is 5.78. The summed E-state index contributed by atoms with van der Waals surface area (Å²) >= 11 is 0. The van der Waals surface area contributed by atoms with E-state index in [1.807, 2.05) is 0 Å². The smallest absolute Gasteiger partial charge is 0.340 e. The highest BCUT2D eigenvalue weighted by atomic mass is 16.4. The summed E-state index contributed by atoms with van der Waals surface area (Å²) < 4.78 is 1.52. The maximum atomic E-state index is 10.7. The van der Waals surface area contributed by atoms with Gasteiger partial charge in [0, 0.05) is 18.3 Å². The van der Waals surface area contributed by atoms with E-state index in [2.05, 4.69) is 5.10 Å². The highest BCUT2D eigenvalue weighted by Crippen LogP contribution is 2.23. The third kappa shape index (κ3) is 1.42. The summed E-state index contributed by atoms with van der Waals surface area (Å²) in [4.78, 5) is 10.7. The third-order valence-electron chi connectivity index (χ3n) is 2.18. The number of hydrogen-bond acceptors (Lipinski definition) is 3. The Hall–Kier alpha value is -1.36. The van der Waals surface area contributed by atoms with Gasteiger partial charge in [0.1, 0.15) is 0 Å². The molecule has 13 heavy (non-hydrogen) atoms. The number of aromatic nitrogens is 2. The number of carbonyl (C=O) groups is 1. The van der Waals surface area contributed by atoms with Crippen molar-refractivity contribution in [3.63, 3.8) is 0 Å². The van der Waals surface area contributed by atoms with E-state index in [1.54, 1.807) is 14.0 Å². The molecule has 0 bridgehead atoms. The molecule has 1 heterocycles. The molecule has 0 saturated heterocycles. The van der Waals surface area contributed by atoms with E-state index in [9.17, 15) is 9.90 Å². The van der Waals surface area contributed by atoms with E-state index >= 15 is 0 Å². The zero-order chi connectivity index (χ0) is 10.2. The Morgan fingerprint density at radius 1 is 1.69 bits per heavy atom. The Kier molecular flexibility index (Phi) is 2.13. The second kappa shape index (κ2) is 2.85. The fraction of sp³-hybridized carbons (Fsp3) is 0.500. The molecule has 0 radical (unpaired) electrons. The summed E-state index contributed by atoms with van der Waals surface area (Å²) in [6, 6.07) is 0. The summed E-state index contributed by atoms with van der Waals surface area (Å²) in [5.74, 6) is -1.27. The number of carboxylic acids is 1. The first-order chi connectivity index (χ1) is 5.87. The van der Waals surface area contributed by atoms with Gasteiger partial charge in [-0.05, 0) is 13.8 Å². The van der Waals surface area contributed by atoms with Crippen LogP contribution in [-0.2, 0) is 17.4 Å². The number of aliphatic hydroxyl groups is 1. The van der Waals surface area contributed by atoms with Crippen LogP contribution in [0, 0.1) is 6.92 Å². The SMILES string of the molecule is Cc1c(C(C)(O)C(=O)O)cnn1C. The van der Waals surface area contributed by atoms with E-state index < -0.39 is 11.6 Å².